The predicted octanol–water partition coefficient (Wildman–Crippen LogP) is 1.56. The van der Waals surface area contributed by atoms with E-state index in [0.29, 0.717) is 0 Å². The summed E-state index contributed by atoms with van der Waals surface area (Å²) < 4.78 is 33.1. The van der Waals surface area contributed by atoms with Gasteiger partial charge in [-0.15, -0.1) is 5.10 Å². The number of carbonyl (C=O) groups is 1. The molecule has 0 saturated heterocycles. The lowest BCUT2D eigenvalue weighted by Crippen LogP contribution is -2.21. The van der Waals surface area contributed by atoms with Gasteiger partial charge in [-0.25, -0.2) is 13.6 Å². The first kappa shape index (κ1) is 14.8. The van der Waals surface area contributed by atoms with Crippen LogP contribution < -0.4 is 5.43 Å². The van der Waals surface area contributed by atoms with Crippen molar-refractivity contribution in [1.82, 2.24) is 20.0 Å². The fraction of sp³-hybridized carbons (Fsp3) is 0.143. The van der Waals surface area contributed by atoms with Crippen molar-refractivity contribution in [2.24, 2.45) is 0 Å². The number of hydrogen-bond acceptors (Lipinski definition) is 5. The first-order valence-corrected chi connectivity index (χ1v) is 6.61. The van der Waals surface area contributed by atoms with Gasteiger partial charge in [-0.3, -0.25) is 14.5 Å². The van der Waals surface area contributed by atoms with Crippen molar-refractivity contribution in [1.29, 1.82) is 0 Å². The van der Waals surface area contributed by atoms with Crippen LogP contribution in [0.5, 0.6) is 0 Å². The highest BCUT2D eigenvalue weighted by molar-refractivity contribution is 5.94. The summed E-state index contributed by atoms with van der Waals surface area (Å²) in [4.78, 5) is 24.3. The van der Waals surface area contributed by atoms with E-state index in [4.69, 9.17) is 4.74 Å². The van der Waals surface area contributed by atoms with Crippen LogP contribution in [0.1, 0.15) is 17.3 Å². The van der Waals surface area contributed by atoms with Gasteiger partial charge in [0.2, 0.25) is 5.43 Å². The number of pyridine rings is 1. The van der Waals surface area contributed by atoms with Crippen molar-refractivity contribution >= 4 is 16.9 Å². The van der Waals surface area contributed by atoms with Crippen LogP contribution in [-0.4, -0.2) is 32.6 Å². The van der Waals surface area contributed by atoms with E-state index in [-0.39, 0.29) is 28.9 Å². The Morgan fingerprint density at radius 2 is 2.09 bits per heavy atom. The number of fused-ring (bicyclic) bond motifs is 1. The maximum absolute atomic E-state index is 13.6. The number of hydrogen-bond donors (Lipinski definition) is 1. The summed E-state index contributed by atoms with van der Waals surface area (Å²) in [5.74, 6) is -2.98. The van der Waals surface area contributed by atoms with E-state index in [1.165, 1.54) is 10.8 Å². The Kier molecular flexibility index (Phi) is 3.61. The molecule has 2 heterocycles. The second-order valence-electron chi connectivity index (χ2n) is 4.58. The SMILES string of the molecule is CCOC(=O)c1cn(-c2c[nH]nn2)c2cc(F)c(F)cc2c1=O. The summed E-state index contributed by atoms with van der Waals surface area (Å²) in [7, 11) is 0. The normalized spacial score (nSPS) is 10.9. The first-order valence-electron chi connectivity index (χ1n) is 6.61. The van der Waals surface area contributed by atoms with Gasteiger partial charge in [0.25, 0.3) is 0 Å². The maximum Gasteiger partial charge on any atom is 0.343 e. The molecule has 0 unspecified atom stereocenters. The summed E-state index contributed by atoms with van der Waals surface area (Å²) in [6.07, 6.45) is 2.54. The molecule has 3 aromatic rings. The van der Waals surface area contributed by atoms with Crippen LogP contribution in [0.3, 0.4) is 0 Å². The summed E-state index contributed by atoms with van der Waals surface area (Å²) >= 11 is 0. The number of carbonyl (C=O) groups excluding carboxylic acids is 1. The topological polar surface area (TPSA) is 89.9 Å². The van der Waals surface area contributed by atoms with Gasteiger partial charge >= 0.3 is 5.97 Å². The fourth-order valence-corrected chi connectivity index (χ4v) is 2.18. The predicted molar refractivity (Wildman–Crippen MR) is 75.4 cm³/mol. The number of halogens is 2. The number of aromatic nitrogens is 4. The van der Waals surface area contributed by atoms with Crippen molar-refractivity contribution in [2.45, 2.75) is 6.92 Å². The Bertz CT molecular complexity index is 951. The largest absolute Gasteiger partial charge is 0.462 e. The molecule has 0 bridgehead atoms. The number of H-pyrrole nitrogens is 1. The average Bonchev–Trinajstić information content (AvgIpc) is 3.04. The molecule has 1 N–H and O–H groups in total. The van der Waals surface area contributed by atoms with Gasteiger partial charge in [0.1, 0.15) is 5.56 Å². The van der Waals surface area contributed by atoms with Gasteiger partial charge in [-0.05, 0) is 13.0 Å². The summed E-state index contributed by atoms with van der Waals surface area (Å²) in [5.41, 5.74) is -1.01. The third-order valence-electron chi connectivity index (χ3n) is 3.19. The lowest BCUT2D eigenvalue weighted by Gasteiger charge is -2.11. The van der Waals surface area contributed by atoms with Crippen molar-refractivity contribution in [3.05, 3.63) is 51.9 Å². The fourth-order valence-electron chi connectivity index (χ4n) is 2.18. The van der Waals surface area contributed by atoms with E-state index in [2.05, 4.69) is 15.4 Å². The Morgan fingerprint density at radius 1 is 1.35 bits per heavy atom. The van der Waals surface area contributed by atoms with E-state index < -0.39 is 23.0 Å². The van der Waals surface area contributed by atoms with E-state index >= 15 is 0 Å². The smallest absolute Gasteiger partial charge is 0.343 e. The lowest BCUT2D eigenvalue weighted by atomic mass is 10.1. The van der Waals surface area contributed by atoms with Crippen molar-refractivity contribution in [3.63, 3.8) is 0 Å². The molecule has 0 aliphatic heterocycles. The lowest BCUT2D eigenvalue weighted by molar-refractivity contribution is 0.0524. The zero-order valence-electron chi connectivity index (χ0n) is 11.8. The Labute approximate surface area is 127 Å². The molecule has 2 aromatic heterocycles. The molecule has 1 aromatic carbocycles. The van der Waals surface area contributed by atoms with Crippen LogP contribution in [0.15, 0.2) is 29.3 Å². The maximum atomic E-state index is 13.6. The molecular weight excluding hydrogens is 310 g/mol. The quantitative estimate of drug-likeness (QED) is 0.740. The van der Waals surface area contributed by atoms with Gasteiger partial charge in [0, 0.05) is 12.3 Å². The van der Waals surface area contributed by atoms with Gasteiger partial charge in [-0.1, -0.05) is 5.21 Å². The second-order valence-corrected chi connectivity index (χ2v) is 4.58. The van der Waals surface area contributed by atoms with Crippen LogP contribution in [0.25, 0.3) is 16.7 Å². The molecule has 0 radical (unpaired) electrons. The molecule has 7 nitrogen and oxygen atoms in total. The van der Waals surface area contributed by atoms with Crippen LogP contribution in [-0.2, 0) is 4.74 Å². The molecule has 118 valence electrons. The van der Waals surface area contributed by atoms with Gasteiger partial charge in [-0.2, -0.15) is 0 Å². The Balaban J connectivity index is 2.40. The van der Waals surface area contributed by atoms with E-state index in [9.17, 15) is 18.4 Å². The average molecular weight is 320 g/mol. The van der Waals surface area contributed by atoms with Gasteiger partial charge in [0.15, 0.2) is 17.5 Å². The molecule has 9 heteroatoms. The molecule has 23 heavy (non-hydrogen) atoms. The minimum absolute atomic E-state index is 0.0517. The zero-order valence-corrected chi connectivity index (χ0v) is 11.8. The Morgan fingerprint density at radius 3 is 2.74 bits per heavy atom. The number of ether oxygens (including phenoxy) is 1. The highest BCUT2D eigenvalue weighted by atomic mass is 19.2. The van der Waals surface area contributed by atoms with Crippen LogP contribution in [0.2, 0.25) is 0 Å². The number of esters is 1. The number of benzene rings is 1. The zero-order chi connectivity index (χ0) is 16.6. The number of nitrogens with one attached hydrogen (secondary N) is 1. The van der Waals surface area contributed by atoms with Gasteiger partial charge in [0.05, 0.1) is 23.7 Å². The van der Waals surface area contributed by atoms with Crippen LogP contribution >= 0.6 is 0 Å². The Hall–Kier alpha value is -3.10. The summed E-state index contributed by atoms with van der Waals surface area (Å²) in [5, 5.41) is 9.57. The molecule has 0 spiro atoms. The molecule has 3 rings (SSSR count). The highest BCUT2D eigenvalue weighted by Gasteiger charge is 2.19. The van der Waals surface area contributed by atoms with Crippen molar-refractivity contribution < 1.29 is 18.3 Å². The minimum Gasteiger partial charge on any atom is -0.462 e. The van der Waals surface area contributed by atoms with E-state index in [0.717, 1.165) is 18.3 Å². The molecule has 0 amide bonds. The molecule has 0 fully saturated rings. The highest BCUT2D eigenvalue weighted by Crippen LogP contribution is 2.19. The second kappa shape index (κ2) is 5.59. The van der Waals surface area contributed by atoms with Crippen molar-refractivity contribution in [2.75, 3.05) is 6.61 Å². The van der Waals surface area contributed by atoms with Crippen LogP contribution in [0, 0.1) is 11.6 Å². The summed E-state index contributed by atoms with van der Waals surface area (Å²) in [6.45, 7) is 1.65. The molecule has 0 aliphatic rings. The van der Waals surface area contributed by atoms with Crippen molar-refractivity contribution in [3.8, 4) is 5.82 Å². The van der Waals surface area contributed by atoms with E-state index in [1.807, 2.05) is 0 Å². The van der Waals surface area contributed by atoms with Crippen LogP contribution in [0.4, 0.5) is 8.78 Å². The van der Waals surface area contributed by atoms with E-state index in [1.54, 1.807) is 6.92 Å². The number of aromatic amines is 1. The summed E-state index contributed by atoms with van der Waals surface area (Å²) in [6, 6.07) is 1.60. The number of rotatable bonds is 3. The monoisotopic (exact) mass is 320 g/mol. The van der Waals surface area contributed by atoms with Gasteiger partial charge < -0.3 is 4.74 Å². The first-order chi connectivity index (χ1) is 11.0. The third kappa shape index (κ3) is 2.45. The third-order valence-corrected chi connectivity index (χ3v) is 3.19. The minimum atomic E-state index is -1.19. The molecule has 0 aliphatic carbocycles. The standard InChI is InChI=1S/C14H10F2N4O3/c1-2-23-14(22)8-6-20(12-5-17-19-18-12)11-4-10(16)9(15)3-7(11)13(8)21/h3-6H,2H2,1H3,(H,17,18,19). The molecule has 0 saturated carbocycles. The molecular formula is C14H10F2N4O3. The number of nitrogens with zero attached hydrogens (tertiary/aromatic N) is 3. The molecule has 0 atom stereocenters.